The molecule has 90 valence electrons. The van der Waals surface area contributed by atoms with E-state index >= 15 is 0 Å². The quantitative estimate of drug-likeness (QED) is 0.486. The summed E-state index contributed by atoms with van der Waals surface area (Å²) in [7, 11) is 0. The summed E-state index contributed by atoms with van der Waals surface area (Å²) >= 11 is 2.99. The van der Waals surface area contributed by atoms with Crippen molar-refractivity contribution in [1.82, 2.24) is 0 Å². The maximum atomic E-state index is 11.8. The summed E-state index contributed by atoms with van der Waals surface area (Å²) in [5.74, 6) is 0.172. The molecule has 1 aliphatic heterocycles. The van der Waals surface area contributed by atoms with E-state index in [4.69, 9.17) is 9.47 Å². The van der Waals surface area contributed by atoms with E-state index in [9.17, 15) is 9.59 Å². The van der Waals surface area contributed by atoms with E-state index in [-0.39, 0.29) is 5.33 Å². The van der Waals surface area contributed by atoms with Crippen LogP contribution < -0.4 is 9.47 Å². The van der Waals surface area contributed by atoms with Gasteiger partial charge in [0.25, 0.3) is 0 Å². The standard InChI is InChI=1S/C12H11BrO4/c1-7-4-10-11(17-3-2-16-10)5-8(7)12(15)9(14)6-13/h4-5H,2-3,6H2,1H3. The van der Waals surface area contributed by atoms with Gasteiger partial charge < -0.3 is 9.47 Å². The topological polar surface area (TPSA) is 52.6 Å². The number of hydrogen-bond acceptors (Lipinski definition) is 4. The minimum Gasteiger partial charge on any atom is -0.486 e. The fourth-order valence-electron chi connectivity index (χ4n) is 1.65. The molecule has 1 heterocycles. The molecule has 0 N–H and O–H groups in total. The molecule has 0 fully saturated rings. The molecule has 0 saturated heterocycles. The number of hydrogen-bond donors (Lipinski definition) is 0. The van der Waals surface area contributed by atoms with Crippen LogP contribution >= 0.6 is 15.9 Å². The van der Waals surface area contributed by atoms with E-state index < -0.39 is 11.6 Å². The molecule has 1 aliphatic rings. The highest BCUT2D eigenvalue weighted by Crippen LogP contribution is 2.33. The number of Topliss-reactive ketones (excluding diaryl/α,β-unsaturated/α-hetero) is 2. The number of ether oxygens (including phenoxy) is 2. The second-order valence-corrected chi connectivity index (χ2v) is 4.26. The van der Waals surface area contributed by atoms with Crippen molar-refractivity contribution in [3.63, 3.8) is 0 Å². The van der Waals surface area contributed by atoms with Crippen molar-refractivity contribution in [2.45, 2.75) is 6.92 Å². The minimum absolute atomic E-state index is 0.0275. The highest BCUT2D eigenvalue weighted by molar-refractivity contribution is 9.09. The molecule has 0 aromatic heterocycles. The molecule has 5 heteroatoms. The van der Waals surface area contributed by atoms with Gasteiger partial charge in [0.2, 0.25) is 11.6 Å². The summed E-state index contributed by atoms with van der Waals surface area (Å²) in [5, 5.41) is 0.0275. The van der Waals surface area contributed by atoms with Crippen LogP contribution in [0.1, 0.15) is 15.9 Å². The summed E-state index contributed by atoms with van der Waals surface area (Å²) in [6.07, 6.45) is 0. The summed E-state index contributed by atoms with van der Waals surface area (Å²) in [5.41, 5.74) is 1.09. The third kappa shape index (κ3) is 2.34. The SMILES string of the molecule is Cc1cc2c(cc1C(=O)C(=O)CBr)OCCO2. The molecule has 1 aromatic rings. The van der Waals surface area contributed by atoms with Crippen molar-refractivity contribution >= 4 is 27.5 Å². The molecule has 0 bridgehead atoms. The van der Waals surface area contributed by atoms with Crippen molar-refractivity contribution in [2.75, 3.05) is 18.5 Å². The number of benzene rings is 1. The van der Waals surface area contributed by atoms with E-state index in [0.717, 1.165) is 0 Å². The second-order valence-electron chi connectivity index (χ2n) is 3.70. The number of carbonyl (C=O) groups excluding carboxylic acids is 2. The van der Waals surface area contributed by atoms with E-state index in [1.54, 1.807) is 19.1 Å². The summed E-state index contributed by atoms with van der Waals surface area (Å²) in [4.78, 5) is 23.2. The molecule has 0 aliphatic carbocycles. The van der Waals surface area contributed by atoms with Crippen molar-refractivity contribution in [3.05, 3.63) is 23.3 Å². The number of alkyl halides is 1. The number of carbonyl (C=O) groups is 2. The molecule has 0 amide bonds. The Morgan fingerprint density at radius 3 is 2.41 bits per heavy atom. The number of ketones is 2. The summed E-state index contributed by atoms with van der Waals surface area (Å²) < 4.78 is 10.8. The molecule has 17 heavy (non-hydrogen) atoms. The zero-order valence-corrected chi connectivity index (χ0v) is 10.9. The largest absolute Gasteiger partial charge is 0.486 e. The molecular weight excluding hydrogens is 288 g/mol. The molecule has 0 unspecified atom stereocenters. The first kappa shape index (κ1) is 12.1. The van der Waals surface area contributed by atoms with Gasteiger partial charge in [0.05, 0.1) is 5.33 Å². The Morgan fingerprint density at radius 1 is 1.24 bits per heavy atom. The first-order valence-corrected chi connectivity index (χ1v) is 6.29. The lowest BCUT2D eigenvalue weighted by Crippen LogP contribution is -2.19. The van der Waals surface area contributed by atoms with Gasteiger partial charge in [-0.2, -0.15) is 0 Å². The van der Waals surface area contributed by atoms with E-state index in [0.29, 0.717) is 35.8 Å². The van der Waals surface area contributed by atoms with Crippen LogP contribution in [-0.4, -0.2) is 30.1 Å². The van der Waals surface area contributed by atoms with Gasteiger partial charge in [0, 0.05) is 5.56 Å². The average molecular weight is 299 g/mol. The van der Waals surface area contributed by atoms with Crippen LogP contribution in [0.5, 0.6) is 11.5 Å². The molecule has 2 rings (SSSR count). The van der Waals surface area contributed by atoms with Crippen LogP contribution in [0, 0.1) is 6.92 Å². The monoisotopic (exact) mass is 298 g/mol. The van der Waals surface area contributed by atoms with Gasteiger partial charge in [-0.15, -0.1) is 0 Å². The molecule has 1 aromatic carbocycles. The fraction of sp³-hybridized carbons (Fsp3) is 0.333. The van der Waals surface area contributed by atoms with Crippen molar-refractivity contribution in [1.29, 1.82) is 0 Å². The van der Waals surface area contributed by atoms with Gasteiger partial charge in [-0.05, 0) is 24.6 Å². The van der Waals surface area contributed by atoms with Crippen LogP contribution in [0.3, 0.4) is 0 Å². The zero-order valence-electron chi connectivity index (χ0n) is 9.29. The van der Waals surface area contributed by atoms with E-state index in [1.165, 1.54) is 0 Å². The fourth-order valence-corrected chi connectivity index (χ4v) is 1.90. The predicted molar refractivity (Wildman–Crippen MR) is 65.3 cm³/mol. The van der Waals surface area contributed by atoms with Crippen LogP contribution in [-0.2, 0) is 4.79 Å². The lowest BCUT2D eigenvalue weighted by molar-refractivity contribution is -0.112. The van der Waals surface area contributed by atoms with E-state index in [1.807, 2.05) is 0 Å². The highest BCUT2D eigenvalue weighted by Gasteiger charge is 2.21. The third-order valence-electron chi connectivity index (χ3n) is 2.51. The number of aryl methyl sites for hydroxylation is 1. The Morgan fingerprint density at radius 2 is 1.82 bits per heavy atom. The normalized spacial score (nSPS) is 13.3. The minimum atomic E-state index is -0.503. The number of rotatable bonds is 3. The van der Waals surface area contributed by atoms with Crippen molar-refractivity contribution < 1.29 is 19.1 Å². The second kappa shape index (κ2) is 4.87. The van der Waals surface area contributed by atoms with Gasteiger partial charge in [0.15, 0.2) is 11.5 Å². The van der Waals surface area contributed by atoms with Crippen molar-refractivity contribution in [3.8, 4) is 11.5 Å². The van der Waals surface area contributed by atoms with Crippen LogP contribution in [0.25, 0.3) is 0 Å². The average Bonchev–Trinajstić information content (AvgIpc) is 2.36. The maximum Gasteiger partial charge on any atom is 0.229 e. The zero-order chi connectivity index (χ0) is 12.4. The maximum absolute atomic E-state index is 11.8. The van der Waals surface area contributed by atoms with Gasteiger partial charge in [-0.1, -0.05) is 15.9 Å². The van der Waals surface area contributed by atoms with Crippen LogP contribution in [0.2, 0.25) is 0 Å². The Bertz CT molecular complexity index is 482. The van der Waals surface area contributed by atoms with Gasteiger partial charge >= 0.3 is 0 Å². The number of fused-ring (bicyclic) bond motifs is 1. The highest BCUT2D eigenvalue weighted by atomic mass is 79.9. The molecule has 0 atom stereocenters. The summed E-state index contributed by atoms with van der Waals surface area (Å²) in [6, 6.07) is 3.30. The van der Waals surface area contributed by atoms with Gasteiger partial charge in [0.1, 0.15) is 13.2 Å². The van der Waals surface area contributed by atoms with Crippen LogP contribution in [0.15, 0.2) is 12.1 Å². The summed E-state index contributed by atoms with van der Waals surface area (Å²) in [6.45, 7) is 2.73. The molecular formula is C12H11BrO4. The number of halogens is 1. The molecule has 4 nitrogen and oxygen atoms in total. The Kier molecular flexibility index (Phi) is 3.47. The third-order valence-corrected chi connectivity index (χ3v) is 3.02. The first-order chi connectivity index (χ1) is 8.13. The van der Waals surface area contributed by atoms with Gasteiger partial charge in [-0.3, -0.25) is 9.59 Å². The predicted octanol–water partition coefficient (Wildman–Crippen LogP) is 1.91. The lowest BCUT2D eigenvalue weighted by Gasteiger charge is -2.19. The van der Waals surface area contributed by atoms with Crippen LogP contribution in [0.4, 0.5) is 0 Å². The Hall–Kier alpha value is -1.36. The Labute approximate surface area is 107 Å². The Balaban J connectivity index is 2.41. The van der Waals surface area contributed by atoms with Crippen molar-refractivity contribution in [2.24, 2.45) is 0 Å². The molecule has 0 spiro atoms. The van der Waals surface area contributed by atoms with Gasteiger partial charge in [-0.25, -0.2) is 0 Å². The molecule has 0 radical (unpaired) electrons. The smallest absolute Gasteiger partial charge is 0.229 e. The molecule has 0 saturated carbocycles. The van der Waals surface area contributed by atoms with E-state index in [2.05, 4.69) is 15.9 Å². The lowest BCUT2D eigenvalue weighted by atomic mass is 10.0. The first-order valence-electron chi connectivity index (χ1n) is 5.17.